The average Bonchev–Trinajstić information content (AvgIpc) is 3.60. The van der Waals surface area contributed by atoms with E-state index in [2.05, 4.69) is 138 Å². The van der Waals surface area contributed by atoms with Crippen LogP contribution in [0.2, 0.25) is 0 Å². The Balaban J connectivity index is 0.000000115. The summed E-state index contributed by atoms with van der Waals surface area (Å²) in [5.74, 6) is 0.792. The van der Waals surface area contributed by atoms with Gasteiger partial charge in [-0.3, -0.25) is 9.97 Å². The van der Waals surface area contributed by atoms with Crippen molar-refractivity contribution in [3.8, 4) is 0 Å². The zero-order valence-corrected chi connectivity index (χ0v) is 31.4. The number of aryl methyl sites for hydroxylation is 5. The Hall–Kier alpha value is -6.55. The smallest absolute Gasteiger partial charge is 0.181 e. The highest BCUT2D eigenvalue weighted by Crippen LogP contribution is 2.30. The number of pyridine rings is 2. The van der Waals surface area contributed by atoms with Crippen LogP contribution in [-0.2, 0) is 13.5 Å². The molecule has 54 heavy (non-hydrogen) atoms. The van der Waals surface area contributed by atoms with E-state index in [9.17, 15) is 0 Å². The first-order valence-corrected chi connectivity index (χ1v) is 18.0. The van der Waals surface area contributed by atoms with Crippen LogP contribution in [0.4, 0.5) is 0 Å². The highest BCUT2D eigenvalue weighted by atomic mass is 15.1. The molecule has 9 aromatic rings. The molecule has 10 rings (SSSR count). The van der Waals surface area contributed by atoms with Crippen molar-refractivity contribution in [1.82, 2.24) is 49.4 Å². The number of benzene rings is 3. The van der Waals surface area contributed by atoms with Crippen molar-refractivity contribution in [2.75, 3.05) is 0 Å². The number of nitrogens with zero attached hydrogens (tertiary/aromatic N) is 10. The molecule has 0 N–H and O–H groups in total. The SMILES string of the molecule is CC1CCCc2ccccc21.Cc1ccc2cccnc2c1.Cc1cccc2cccnc12.Cc1ncnc2nccnc12.Cn1cnc2cncnc21. The minimum absolute atomic E-state index is 0.653. The Kier molecular flexibility index (Phi) is 12.6. The van der Waals surface area contributed by atoms with Crippen molar-refractivity contribution in [3.05, 3.63) is 163 Å². The molecule has 10 nitrogen and oxygen atoms in total. The first-order chi connectivity index (χ1) is 26.4. The molecule has 1 aliphatic carbocycles. The van der Waals surface area contributed by atoms with E-state index in [1.807, 2.05) is 43.1 Å². The van der Waals surface area contributed by atoms with Gasteiger partial charge >= 0.3 is 0 Å². The zero-order chi connectivity index (χ0) is 37.7. The standard InChI is InChI=1S/C11H14.2C10H9N.C7H6N4.C6H6N4/c1-9-5-4-7-10-6-2-3-8-11(9)10;1-8-4-2-5-9-6-3-7-11-10(8)9;1-8-4-5-9-3-2-6-11-10(9)7-8;1-5-6-7(11-4-10-5)9-3-2-8-6;1-10-4-9-5-2-7-3-8-6(5)10/h2-3,6,8-9H,4-5,7H2,1H3;2*2-7H,1H3;2-4H,1H3;2-4H,1H3. The van der Waals surface area contributed by atoms with Crippen molar-refractivity contribution < 1.29 is 0 Å². The molecule has 1 unspecified atom stereocenters. The van der Waals surface area contributed by atoms with E-state index in [0.717, 1.165) is 39.3 Å². The molecule has 6 aromatic heterocycles. The number of para-hydroxylation sites is 1. The Bertz CT molecular complexity index is 2490. The van der Waals surface area contributed by atoms with E-state index in [-0.39, 0.29) is 0 Å². The molecule has 1 aliphatic rings. The molecule has 270 valence electrons. The monoisotopic (exact) mass is 712 g/mol. The number of hydrogen-bond donors (Lipinski definition) is 0. The van der Waals surface area contributed by atoms with Crippen LogP contribution >= 0.6 is 0 Å². The van der Waals surface area contributed by atoms with Crippen LogP contribution in [0.1, 0.15) is 53.6 Å². The molecule has 10 heteroatoms. The fraction of sp³-hybridized carbons (Fsp3) is 0.205. The van der Waals surface area contributed by atoms with Crippen LogP contribution in [-0.4, -0.2) is 49.4 Å². The molecular weight excluding hydrogens is 669 g/mol. The number of aromatic nitrogens is 10. The van der Waals surface area contributed by atoms with E-state index in [4.69, 9.17) is 0 Å². The summed E-state index contributed by atoms with van der Waals surface area (Å²) in [4.78, 5) is 36.5. The normalized spacial score (nSPS) is 12.9. The third-order valence-corrected chi connectivity index (χ3v) is 9.09. The topological polar surface area (TPSA) is 121 Å². The largest absolute Gasteiger partial charge is 0.318 e. The lowest BCUT2D eigenvalue weighted by molar-refractivity contribution is 0.590. The Morgan fingerprint density at radius 3 is 2.22 bits per heavy atom. The molecule has 0 bridgehead atoms. The van der Waals surface area contributed by atoms with Crippen LogP contribution in [0, 0.1) is 20.8 Å². The summed E-state index contributed by atoms with van der Waals surface area (Å²) >= 11 is 0. The van der Waals surface area contributed by atoms with Crippen molar-refractivity contribution in [1.29, 1.82) is 0 Å². The van der Waals surface area contributed by atoms with Crippen LogP contribution in [0.15, 0.2) is 135 Å². The van der Waals surface area contributed by atoms with Gasteiger partial charge in [-0.05, 0) is 86.4 Å². The summed E-state index contributed by atoms with van der Waals surface area (Å²) in [6.07, 6.45) is 17.4. The minimum atomic E-state index is 0.653. The molecule has 3 aromatic carbocycles. The van der Waals surface area contributed by atoms with Crippen molar-refractivity contribution >= 4 is 44.1 Å². The zero-order valence-electron chi connectivity index (χ0n) is 31.4. The third-order valence-electron chi connectivity index (χ3n) is 9.09. The fourth-order valence-corrected chi connectivity index (χ4v) is 6.22. The van der Waals surface area contributed by atoms with Gasteiger partial charge < -0.3 is 4.57 Å². The van der Waals surface area contributed by atoms with E-state index in [0.29, 0.717) is 5.65 Å². The lowest BCUT2D eigenvalue weighted by Crippen LogP contribution is -2.05. The summed E-state index contributed by atoms with van der Waals surface area (Å²) in [6, 6.07) is 29.4. The summed E-state index contributed by atoms with van der Waals surface area (Å²) in [5, 5.41) is 2.42. The quantitative estimate of drug-likeness (QED) is 0.151. The van der Waals surface area contributed by atoms with Gasteiger partial charge in [-0.15, -0.1) is 0 Å². The number of hydrogen-bond acceptors (Lipinski definition) is 9. The minimum Gasteiger partial charge on any atom is -0.318 e. The van der Waals surface area contributed by atoms with Gasteiger partial charge in [-0.2, -0.15) is 0 Å². The summed E-state index contributed by atoms with van der Waals surface area (Å²) in [7, 11) is 1.91. The fourth-order valence-electron chi connectivity index (χ4n) is 6.22. The van der Waals surface area contributed by atoms with Crippen molar-refractivity contribution in [3.63, 3.8) is 0 Å². The lowest BCUT2D eigenvalue weighted by Gasteiger charge is -2.21. The molecule has 0 radical (unpaired) electrons. The molecule has 1 atom stereocenters. The first kappa shape index (κ1) is 37.2. The van der Waals surface area contributed by atoms with Gasteiger partial charge in [0.25, 0.3) is 0 Å². The molecule has 0 spiro atoms. The Labute approximate surface area is 315 Å². The predicted molar refractivity (Wildman–Crippen MR) is 217 cm³/mol. The van der Waals surface area contributed by atoms with Crippen molar-refractivity contribution in [2.24, 2.45) is 7.05 Å². The van der Waals surface area contributed by atoms with Gasteiger partial charge in [-0.25, -0.2) is 34.9 Å². The predicted octanol–water partition coefficient (Wildman–Crippen LogP) is 9.30. The van der Waals surface area contributed by atoms with Gasteiger partial charge in [-0.1, -0.05) is 73.7 Å². The van der Waals surface area contributed by atoms with Gasteiger partial charge in [0.05, 0.1) is 29.3 Å². The van der Waals surface area contributed by atoms with E-state index < -0.39 is 0 Å². The second kappa shape index (κ2) is 18.3. The summed E-state index contributed by atoms with van der Waals surface area (Å²) in [6.45, 7) is 8.38. The summed E-state index contributed by atoms with van der Waals surface area (Å²) in [5.41, 5.74) is 11.8. The van der Waals surface area contributed by atoms with Gasteiger partial charge in [0.2, 0.25) is 0 Å². The molecular formula is C44H44N10. The third kappa shape index (κ3) is 9.65. The van der Waals surface area contributed by atoms with E-state index >= 15 is 0 Å². The maximum Gasteiger partial charge on any atom is 0.181 e. The number of fused-ring (bicyclic) bond motifs is 5. The average molecular weight is 713 g/mol. The molecule has 0 saturated heterocycles. The van der Waals surface area contributed by atoms with Gasteiger partial charge in [0.1, 0.15) is 23.7 Å². The number of imidazole rings is 1. The van der Waals surface area contributed by atoms with Gasteiger partial charge in [0.15, 0.2) is 11.3 Å². The Morgan fingerprint density at radius 2 is 1.41 bits per heavy atom. The maximum absolute atomic E-state index is 4.28. The summed E-state index contributed by atoms with van der Waals surface area (Å²) < 4.78 is 1.86. The second-order valence-corrected chi connectivity index (χ2v) is 13.1. The highest BCUT2D eigenvalue weighted by molar-refractivity contribution is 5.81. The van der Waals surface area contributed by atoms with E-state index in [1.165, 1.54) is 53.8 Å². The highest BCUT2D eigenvalue weighted by Gasteiger charge is 2.14. The molecule has 0 fully saturated rings. The molecule has 6 heterocycles. The Morgan fingerprint density at radius 1 is 0.630 bits per heavy atom. The van der Waals surface area contributed by atoms with Crippen LogP contribution in [0.25, 0.3) is 44.1 Å². The molecule has 0 saturated carbocycles. The first-order valence-electron chi connectivity index (χ1n) is 18.0. The molecule has 0 aliphatic heterocycles. The van der Waals surface area contributed by atoms with Crippen LogP contribution in [0.3, 0.4) is 0 Å². The van der Waals surface area contributed by atoms with Gasteiger partial charge in [0, 0.05) is 42.6 Å². The molecule has 0 amide bonds. The number of rotatable bonds is 0. The van der Waals surface area contributed by atoms with Crippen LogP contribution < -0.4 is 0 Å². The second-order valence-electron chi connectivity index (χ2n) is 13.1. The lowest BCUT2D eigenvalue weighted by atomic mass is 9.84. The van der Waals surface area contributed by atoms with Crippen LogP contribution in [0.5, 0.6) is 0 Å². The van der Waals surface area contributed by atoms with Crippen molar-refractivity contribution in [2.45, 2.75) is 52.9 Å². The maximum atomic E-state index is 4.28. The van der Waals surface area contributed by atoms with E-state index in [1.54, 1.807) is 36.0 Å².